The Bertz CT molecular complexity index is 108. The van der Waals surface area contributed by atoms with Crippen molar-refractivity contribution in [1.82, 2.24) is 0 Å². The van der Waals surface area contributed by atoms with Crippen molar-refractivity contribution < 1.29 is 14.6 Å². The number of aliphatic hydroxyl groups is 1. The van der Waals surface area contributed by atoms with E-state index in [1.165, 1.54) is 0 Å². The molecular formula is C8H16O3. The van der Waals surface area contributed by atoms with Crippen LogP contribution in [0.5, 0.6) is 0 Å². The monoisotopic (exact) mass is 160 g/mol. The Kier molecular flexibility index (Phi) is 6.12. The van der Waals surface area contributed by atoms with Gasteiger partial charge in [0.1, 0.15) is 0 Å². The van der Waals surface area contributed by atoms with Crippen LogP contribution in [0.2, 0.25) is 0 Å². The lowest BCUT2D eigenvalue weighted by Crippen LogP contribution is -2.10. The molecule has 11 heavy (non-hydrogen) atoms. The molecule has 0 unspecified atom stereocenters. The molecule has 0 radical (unpaired) electrons. The van der Waals surface area contributed by atoms with Crippen LogP contribution in [0, 0.1) is 0 Å². The summed E-state index contributed by atoms with van der Waals surface area (Å²) in [5.41, 5.74) is 0. The predicted octanol–water partition coefficient (Wildman–Crippen LogP) is 0.932. The third-order valence-corrected chi connectivity index (χ3v) is 1.37. The summed E-state index contributed by atoms with van der Waals surface area (Å²) in [6.07, 6.45) is 3.31. The van der Waals surface area contributed by atoms with E-state index in [1.807, 2.05) is 6.92 Å². The summed E-state index contributed by atoms with van der Waals surface area (Å²) in [7, 11) is 3.10. The molecule has 1 atom stereocenters. The molecule has 0 aromatic carbocycles. The van der Waals surface area contributed by atoms with Gasteiger partial charge in [0.05, 0.1) is 6.10 Å². The van der Waals surface area contributed by atoms with Gasteiger partial charge in [-0.15, -0.1) is 0 Å². The van der Waals surface area contributed by atoms with E-state index in [4.69, 9.17) is 14.6 Å². The lowest BCUT2D eigenvalue weighted by molar-refractivity contribution is -0.0671. The van der Waals surface area contributed by atoms with Gasteiger partial charge >= 0.3 is 0 Å². The highest BCUT2D eigenvalue weighted by molar-refractivity contribution is 4.90. The first-order valence-electron chi connectivity index (χ1n) is 3.66. The van der Waals surface area contributed by atoms with Gasteiger partial charge in [-0.25, -0.2) is 0 Å². The van der Waals surface area contributed by atoms with E-state index in [-0.39, 0.29) is 6.29 Å². The van der Waals surface area contributed by atoms with Gasteiger partial charge in [-0.05, 0) is 12.5 Å². The molecule has 0 saturated heterocycles. The Labute approximate surface area is 67.6 Å². The van der Waals surface area contributed by atoms with Gasteiger partial charge in [0.15, 0.2) is 6.29 Å². The predicted molar refractivity (Wildman–Crippen MR) is 43.2 cm³/mol. The molecule has 0 amide bonds. The van der Waals surface area contributed by atoms with Crippen LogP contribution in [0.1, 0.15) is 13.3 Å². The molecule has 0 aliphatic heterocycles. The smallest absolute Gasteiger partial charge is 0.176 e. The van der Waals surface area contributed by atoms with Gasteiger partial charge in [-0.3, -0.25) is 0 Å². The average molecular weight is 160 g/mol. The Morgan fingerprint density at radius 2 is 1.82 bits per heavy atom. The van der Waals surface area contributed by atoms with Crippen molar-refractivity contribution >= 4 is 0 Å². The largest absolute Gasteiger partial charge is 0.389 e. The second kappa shape index (κ2) is 6.34. The van der Waals surface area contributed by atoms with Gasteiger partial charge in [0.2, 0.25) is 0 Å². The molecule has 3 heteroatoms. The lowest BCUT2D eigenvalue weighted by atomic mass is 10.2. The molecule has 0 heterocycles. The van der Waals surface area contributed by atoms with E-state index in [0.29, 0.717) is 6.42 Å². The fourth-order valence-electron chi connectivity index (χ4n) is 0.608. The molecule has 0 spiro atoms. The van der Waals surface area contributed by atoms with E-state index >= 15 is 0 Å². The van der Waals surface area contributed by atoms with Gasteiger partial charge < -0.3 is 14.6 Å². The second-order valence-corrected chi connectivity index (χ2v) is 2.20. The summed E-state index contributed by atoms with van der Waals surface area (Å²) in [4.78, 5) is 0. The Morgan fingerprint density at radius 1 is 1.27 bits per heavy atom. The number of ether oxygens (including phenoxy) is 2. The molecule has 0 aliphatic rings. The number of hydrogen-bond acceptors (Lipinski definition) is 3. The Balaban J connectivity index is 3.68. The molecular weight excluding hydrogens is 144 g/mol. The molecule has 66 valence electrons. The number of hydrogen-bond donors (Lipinski definition) is 1. The van der Waals surface area contributed by atoms with Crippen molar-refractivity contribution in [3.63, 3.8) is 0 Å². The normalized spacial score (nSPS) is 14.6. The molecule has 0 saturated carbocycles. The van der Waals surface area contributed by atoms with Gasteiger partial charge in [0, 0.05) is 14.2 Å². The van der Waals surface area contributed by atoms with Crippen LogP contribution in [-0.4, -0.2) is 31.7 Å². The zero-order chi connectivity index (χ0) is 8.69. The van der Waals surface area contributed by atoms with E-state index in [1.54, 1.807) is 26.4 Å². The summed E-state index contributed by atoms with van der Waals surface area (Å²) >= 11 is 0. The minimum atomic E-state index is -0.400. The number of methoxy groups -OCH3 is 2. The average Bonchev–Trinajstić information content (AvgIpc) is 2.06. The molecule has 0 rings (SSSR count). The van der Waals surface area contributed by atoms with Crippen LogP contribution in [0.3, 0.4) is 0 Å². The summed E-state index contributed by atoms with van der Waals surface area (Å²) in [5.74, 6) is 0. The van der Waals surface area contributed by atoms with Crippen molar-refractivity contribution in [2.24, 2.45) is 0 Å². The molecule has 0 aromatic rings. The molecule has 0 aromatic heterocycles. The van der Waals surface area contributed by atoms with E-state index in [0.717, 1.165) is 0 Å². The van der Waals surface area contributed by atoms with E-state index in [9.17, 15) is 0 Å². The van der Waals surface area contributed by atoms with Gasteiger partial charge in [0.25, 0.3) is 0 Å². The highest BCUT2D eigenvalue weighted by atomic mass is 16.7. The number of rotatable bonds is 5. The Hall–Kier alpha value is -0.380. The van der Waals surface area contributed by atoms with Crippen molar-refractivity contribution in [3.8, 4) is 0 Å². The molecule has 0 bridgehead atoms. The first-order chi connectivity index (χ1) is 5.24. The second-order valence-electron chi connectivity index (χ2n) is 2.20. The summed E-state index contributed by atoms with van der Waals surface area (Å²) in [6, 6.07) is 0. The minimum Gasteiger partial charge on any atom is -0.389 e. The lowest BCUT2D eigenvalue weighted by Gasteiger charge is -2.08. The maximum absolute atomic E-state index is 9.10. The van der Waals surface area contributed by atoms with Crippen molar-refractivity contribution in [2.75, 3.05) is 14.2 Å². The minimum absolute atomic E-state index is 0.351. The molecule has 3 nitrogen and oxygen atoms in total. The maximum Gasteiger partial charge on any atom is 0.176 e. The third kappa shape index (κ3) is 4.95. The van der Waals surface area contributed by atoms with Crippen LogP contribution < -0.4 is 0 Å². The molecule has 0 fully saturated rings. The topological polar surface area (TPSA) is 38.7 Å². The SMILES string of the molecule is CC[C@H](O)/C=C/C(OC)OC. The maximum atomic E-state index is 9.10. The van der Waals surface area contributed by atoms with Crippen molar-refractivity contribution in [3.05, 3.63) is 12.2 Å². The standard InChI is InChI=1S/C8H16O3/c1-4-7(9)5-6-8(10-2)11-3/h5-9H,4H2,1-3H3/b6-5+/t7-/m0/s1. The zero-order valence-electron chi connectivity index (χ0n) is 7.28. The van der Waals surface area contributed by atoms with E-state index in [2.05, 4.69) is 0 Å². The quantitative estimate of drug-likeness (QED) is 0.480. The van der Waals surface area contributed by atoms with Gasteiger partial charge in [-0.1, -0.05) is 13.0 Å². The van der Waals surface area contributed by atoms with E-state index < -0.39 is 6.10 Å². The fraction of sp³-hybridized carbons (Fsp3) is 0.750. The van der Waals surface area contributed by atoms with Crippen LogP contribution in [0.25, 0.3) is 0 Å². The summed E-state index contributed by atoms with van der Waals surface area (Å²) in [6.45, 7) is 1.91. The first kappa shape index (κ1) is 10.6. The first-order valence-corrected chi connectivity index (χ1v) is 3.66. The zero-order valence-corrected chi connectivity index (χ0v) is 7.28. The number of aliphatic hydroxyl groups excluding tert-OH is 1. The van der Waals surface area contributed by atoms with Crippen LogP contribution >= 0.6 is 0 Å². The van der Waals surface area contributed by atoms with Crippen LogP contribution in [-0.2, 0) is 9.47 Å². The summed E-state index contributed by atoms with van der Waals surface area (Å²) < 4.78 is 9.75. The molecule has 0 aliphatic carbocycles. The summed E-state index contributed by atoms with van der Waals surface area (Å²) in [5, 5.41) is 9.10. The highest BCUT2D eigenvalue weighted by Gasteiger charge is 1.99. The molecule has 1 N–H and O–H groups in total. The third-order valence-electron chi connectivity index (χ3n) is 1.37. The Morgan fingerprint density at radius 3 is 2.18 bits per heavy atom. The van der Waals surface area contributed by atoms with Crippen molar-refractivity contribution in [1.29, 1.82) is 0 Å². The van der Waals surface area contributed by atoms with Gasteiger partial charge in [-0.2, -0.15) is 0 Å². The van der Waals surface area contributed by atoms with Crippen LogP contribution in [0.15, 0.2) is 12.2 Å². The fourth-order valence-corrected chi connectivity index (χ4v) is 0.608. The van der Waals surface area contributed by atoms with Crippen LogP contribution in [0.4, 0.5) is 0 Å². The van der Waals surface area contributed by atoms with Crippen molar-refractivity contribution in [2.45, 2.75) is 25.7 Å². The highest BCUT2D eigenvalue weighted by Crippen LogP contribution is 1.97.